The highest BCUT2D eigenvalue weighted by Gasteiger charge is 2.31. The lowest BCUT2D eigenvalue weighted by atomic mass is 10.2. The third-order valence-electron chi connectivity index (χ3n) is 3.05. The fourth-order valence-electron chi connectivity index (χ4n) is 1.70. The van der Waals surface area contributed by atoms with E-state index in [4.69, 9.17) is 11.6 Å². The average Bonchev–Trinajstić information content (AvgIpc) is 2.50. The molecule has 1 aromatic heterocycles. The van der Waals surface area contributed by atoms with Gasteiger partial charge in [0.2, 0.25) is 0 Å². The molecule has 0 saturated carbocycles. The number of alkyl halides is 3. The number of hydrogen-bond acceptors (Lipinski definition) is 4. The molecule has 1 aromatic carbocycles. The molecule has 0 atom stereocenters. The van der Waals surface area contributed by atoms with E-state index in [1.807, 2.05) is 0 Å². The largest absolute Gasteiger partial charge is 0.416 e. The van der Waals surface area contributed by atoms with Gasteiger partial charge in [0, 0.05) is 14.1 Å². The van der Waals surface area contributed by atoms with Crippen LogP contribution in [0, 0.1) is 0 Å². The lowest BCUT2D eigenvalue weighted by Gasteiger charge is -2.14. The van der Waals surface area contributed by atoms with Crippen LogP contribution in [0.2, 0.25) is 5.02 Å². The first kappa shape index (κ1) is 19.3. The van der Waals surface area contributed by atoms with Gasteiger partial charge in [0.1, 0.15) is 5.82 Å². The summed E-state index contributed by atoms with van der Waals surface area (Å²) in [7, 11) is -0.950. The maximum Gasteiger partial charge on any atom is 0.416 e. The first-order valence-electron chi connectivity index (χ1n) is 6.79. The molecule has 0 aliphatic heterocycles. The molecular weight excluding hydrogens is 381 g/mol. The predicted molar refractivity (Wildman–Crippen MR) is 90.2 cm³/mol. The third kappa shape index (κ3) is 4.97. The minimum Gasteiger partial charge on any atom is -0.339 e. The van der Waals surface area contributed by atoms with E-state index in [1.165, 1.54) is 32.4 Å². The van der Waals surface area contributed by atoms with Crippen LogP contribution < -0.4 is 10.0 Å². The molecular formula is C14H14ClF3N4O2S. The van der Waals surface area contributed by atoms with Crippen molar-refractivity contribution < 1.29 is 21.6 Å². The molecule has 11 heteroatoms. The minimum atomic E-state index is -4.50. The summed E-state index contributed by atoms with van der Waals surface area (Å²) in [4.78, 5) is 3.95. The highest BCUT2D eigenvalue weighted by atomic mass is 35.5. The second-order valence-corrected chi connectivity index (χ2v) is 7.43. The minimum absolute atomic E-state index is 0.0330. The highest BCUT2D eigenvalue weighted by molar-refractivity contribution is 7.90. The van der Waals surface area contributed by atoms with Crippen molar-refractivity contribution in [1.82, 2.24) is 9.29 Å². The van der Waals surface area contributed by atoms with Crippen LogP contribution in [-0.2, 0) is 16.4 Å². The molecule has 0 radical (unpaired) electrons. The number of halogens is 4. The molecule has 2 rings (SSSR count). The molecule has 2 N–H and O–H groups in total. The fraction of sp³-hybridized carbons (Fsp3) is 0.214. The SMILES string of the molecule is CN(C)S(=O)(=O)Nc1ccc(Nc2cc(C(F)(F)F)ccc2Cl)nc1. The van der Waals surface area contributed by atoms with E-state index < -0.39 is 21.9 Å². The van der Waals surface area contributed by atoms with E-state index in [9.17, 15) is 21.6 Å². The molecule has 1 heterocycles. The predicted octanol–water partition coefficient (Wildman–Crippen LogP) is 3.72. The van der Waals surface area contributed by atoms with Gasteiger partial charge in [-0.1, -0.05) is 11.6 Å². The van der Waals surface area contributed by atoms with Crippen LogP contribution in [0.5, 0.6) is 0 Å². The van der Waals surface area contributed by atoms with Gasteiger partial charge in [-0.25, -0.2) is 4.98 Å². The van der Waals surface area contributed by atoms with Crippen molar-refractivity contribution in [2.75, 3.05) is 24.1 Å². The van der Waals surface area contributed by atoms with Crippen LogP contribution in [0.25, 0.3) is 0 Å². The molecule has 0 fully saturated rings. The molecule has 6 nitrogen and oxygen atoms in total. The Kier molecular flexibility index (Phi) is 5.45. The summed E-state index contributed by atoms with van der Waals surface area (Å²) in [6, 6.07) is 5.70. The second-order valence-electron chi connectivity index (χ2n) is 5.14. The normalized spacial score (nSPS) is 12.3. The average molecular weight is 395 g/mol. The zero-order valence-electron chi connectivity index (χ0n) is 13.1. The summed E-state index contributed by atoms with van der Waals surface area (Å²) < 4.78 is 64.9. The Morgan fingerprint density at radius 3 is 2.36 bits per heavy atom. The van der Waals surface area contributed by atoms with E-state index in [0.29, 0.717) is 0 Å². The molecule has 0 unspecified atom stereocenters. The van der Waals surface area contributed by atoms with Crippen LogP contribution in [0.4, 0.5) is 30.4 Å². The number of anilines is 3. The fourth-order valence-corrected chi connectivity index (χ4v) is 2.47. The highest BCUT2D eigenvalue weighted by Crippen LogP contribution is 2.34. The van der Waals surface area contributed by atoms with Crippen molar-refractivity contribution in [2.24, 2.45) is 0 Å². The zero-order valence-corrected chi connectivity index (χ0v) is 14.7. The lowest BCUT2D eigenvalue weighted by Crippen LogP contribution is -2.28. The monoisotopic (exact) mass is 394 g/mol. The first-order valence-corrected chi connectivity index (χ1v) is 8.61. The number of rotatable bonds is 5. The smallest absolute Gasteiger partial charge is 0.339 e. The van der Waals surface area contributed by atoms with Gasteiger partial charge >= 0.3 is 16.4 Å². The summed E-state index contributed by atoms with van der Waals surface area (Å²) >= 11 is 5.89. The van der Waals surface area contributed by atoms with Gasteiger partial charge in [0.25, 0.3) is 0 Å². The Morgan fingerprint density at radius 2 is 1.84 bits per heavy atom. The molecule has 0 amide bonds. The van der Waals surface area contributed by atoms with Gasteiger partial charge < -0.3 is 5.32 Å². The molecule has 0 saturated heterocycles. The van der Waals surface area contributed by atoms with E-state index in [2.05, 4.69) is 15.0 Å². The topological polar surface area (TPSA) is 74.3 Å². The quantitative estimate of drug-likeness (QED) is 0.810. The molecule has 2 aromatic rings. The Balaban J connectivity index is 2.20. The number of nitrogens with one attached hydrogen (secondary N) is 2. The maximum atomic E-state index is 12.8. The number of pyridine rings is 1. The molecule has 136 valence electrons. The van der Waals surface area contributed by atoms with Crippen LogP contribution in [0.1, 0.15) is 5.56 Å². The van der Waals surface area contributed by atoms with Gasteiger partial charge in [0.15, 0.2) is 0 Å². The molecule has 25 heavy (non-hydrogen) atoms. The standard InChI is InChI=1S/C14H14ClF3N4O2S/c1-22(2)25(23,24)21-10-4-6-13(19-8-10)20-12-7-9(14(16,17)18)3-5-11(12)15/h3-8,21H,1-2H3,(H,19,20). The number of benzene rings is 1. The zero-order chi connectivity index (χ0) is 18.8. The Hall–Kier alpha value is -2.04. The van der Waals surface area contributed by atoms with Crippen LogP contribution >= 0.6 is 11.6 Å². The Morgan fingerprint density at radius 1 is 1.16 bits per heavy atom. The lowest BCUT2D eigenvalue weighted by molar-refractivity contribution is -0.137. The van der Waals surface area contributed by atoms with Crippen molar-refractivity contribution in [3.8, 4) is 0 Å². The van der Waals surface area contributed by atoms with Crippen LogP contribution in [0.3, 0.4) is 0 Å². The van der Waals surface area contributed by atoms with Crippen molar-refractivity contribution in [1.29, 1.82) is 0 Å². The second kappa shape index (κ2) is 7.06. The summed E-state index contributed by atoms with van der Waals surface area (Å²) in [5.41, 5.74) is -0.616. The molecule has 0 aliphatic rings. The summed E-state index contributed by atoms with van der Waals surface area (Å²) in [5.74, 6) is 0.203. The van der Waals surface area contributed by atoms with Crippen molar-refractivity contribution in [3.05, 3.63) is 47.1 Å². The number of aromatic nitrogens is 1. The van der Waals surface area contributed by atoms with Crippen molar-refractivity contribution >= 4 is 39.0 Å². The van der Waals surface area contributed by atoms with Gasteiger partial charge in [0.05, 0.1) is 28.2 Å². The van der Waals surface area contributed by atoms with E-state index in [-0.39, 0.29) is 22.2 Å². The van der Waals surface area contributed by atoms with Crippen molar-refractivity contribution in [3.63, 3.8) is 0 Å². The molecule has 0 aliphatic carbocycles. The van der Waals surface area contributed by atoms with Crippen LogP contribution in [-0.4, -0.2) is 31.8 Å². The summed E-state index contributed by atoms with van der Waals surface area (Å²) in [6.07, 6.45) is -3.27. The molecule has 0 bridgehead atoms. The van der Waals surface area contributed by atoms with Gasteiger partial charge in [-0.3, -0.25) is 4.72 Å². The summed E-state index contributed by atoms with van der Waals surface area (Å²) in [5, 5.41) is 2.76. The van der Waals surface area contributed by atoms with E-state index in [1.54, 1.807) is 0 Å². The van der Waals surface area contributed by atoms with Gasteiger partial charge in [-0.15, -0.1) is 0 Å². The first-order chi connectivity index (χ1) is 11.5. The maximum absolute atomic E-state index is 12.8. The Labute approximate surface area is 147 Å². The van der Waals surface area contributed by atoms with Crippen LogP contribution in [0.15, 0.2) is 36.5 Å². The third-order valence-corrected chi connectivity index (χ3v) is 4.83. The molecule has 0 spiro atoms. The Bertz CT molecular complexity index is 855. The van der Waals surface area contributed by atoms with E-state index in [0.717, 1.165) is 22.5 Å². The van der Waals surface area contributed by atoms with Gasteiger partial charge in [-0.2, -0.15) is 25.9 Å². The van der Waals surface area contributed by atoms with E-state index >= 15 is 0 Å². The van der Waals surface area contributed by atoms with Crippen molar-refractivity contribution in [2.45, 2.75) is 6.18 Å². The van der Waals surface area contributed by atoms with Gasteiger partial charge in [-0.05, 0) is 30.3 Å². The number of hydrogen-bond donors (Lipinski definition) is 2. The summed E-state index contributed by atoms with van der Waals surface area (Å²) in [6.45, 7) is 0. The number of nitrogens with zero attached hydrogens (tertiary/aromatic N) is 2.